The van der Waals surface area contributed by atoms with Crippen molar-refractivity contribution in [3.8, 4) is 0 Å². The van der Waals surface area contributed by atoms with Crippen LogP contribution in [-0.2, 0) is 19.4 Å². The van der Waals surface area contributed by atoms with Crippen molar-refractivity contribution in [2.75, 3.05) is 6.54 Å². The molecule has 1 fully saturated rings. The van der Waals surface area contributed by atoms with E-state index in [1.165, 1.54) is 36.9 Å². The maximum atomic E-state index is 4.77. The zero-order chi connectivity index (χ0) is 14.1. The number of hydrogen-bond acceptors (Lipinski definition) is 4. The minimum absolute atomic E-state index is 0.611. The van der Waals surface area contributed by atoms with Gasteiger partial charge in [-0.25, -0.2) is 9.97 Å². The average Bonchev–Trinajstić information content (AvgIpc) is 3.18. The lowest BCUT2D eigenvalue weighted by Gasteiger charge is -2.18. The summed E-state index contributed by atoms with van der Waals surface area (Å²) in [5.74, 6) is 0. The highest BCUT2D eigenvalue weighted by Gasteiger charge is 2.19. The van der Waals surface area contributed by atoms with Gasteiger partial charge in [0.15, 0.2) is 0 Å². The van der Waals surface area contributed by atoms with Gasteiger partial charge in [-0.15, -0.1) is 0 Å². The molecule has 4 rings (SSSR count). The van der Waals surface area contributed by atoms with Gasteiger partial charge in [0.05, 0.1) is 17.4 Å². The van der Waals surface area contributed by atoms with Gasteiger partial charge in [-0.1, -0.05) is 12.8 Å². The summed E-state index contributed by atoms with van der Waals surface area (Å²) in [6.45, 7) is 1.90. The minimum atomic E-state index is 0.611. The molecule has 0 atom stereocenters. The Morgan fingerprint density at radius 2 is 2.14 bits per heavy atom. The van der Waals surface area contributed by atoms with Crippen LogP contribution in [0.5, 0.6) is 0 Å². The van der Waals surface area contributed by atoms with Crippen LogP contribution in [0.2, 0.25) is 0 Å². The van der Waals surface area contributed by atoms with Crippen molar-refractivity contribution in [3.63, 3.8) is 0 Å². The molecule has 0 saturated heterocycles. The molecular weight excluding hydrogens is 262 g/mol. The quantitative estimate of drug-likeness (QED) is 0.936. The van der Waals surface area contributed by atoms with E-state index in [0.717, 1.165) is 37.3 Å². The first kappa shape index (κ1) is 13.0. The van der Waals surface area contributed by atoms with Crippen molar-refractivity contribution < 1.29 is 0 Å². The zero-order valence-electron chi connectivity index (χ0n) is 12.3. The second-order valence-corrected chi connectivity index (χ2v) is 6.07. The molecule has 5 nitrogen and oxygen atoms in total. The first-order valence-corrected chi connectivity index (χ1v) is 7.96. The number of rotatable bonds is 3. The molecule has 1 aliphatic carbocycles. The smallest absolute Gasteiger partial charge is 0.115 e. The number of nitrogens with zero attached hydrogens (tertiary/aromatic N) is 4. The van der Waals surface area contributed by atoms with Crippen LogP contribution in [0.1, 0.15) is 54.4 Å². The number of aromatic nitrogens is 4. The zero-order valence-corrected chi connectivity index (χ0v) is 12.3. The minimum Gasteiger partial charge on any atom is -0.312 e. The topological polar surface area (TPSA) is 55.6 Å². The fourth-order valence-corrected chi connectivity index (χ4v) is 3.50. The van der Waals surface area contributed by atoms with E-state index >= 15 is 0 Å². The summed E-state index contributed by atoms with van der Waals surface area (Å²) < 4.78 is 2.16. The van der Waals surface area contributed by atoms with Crippen molar-refractivity contribution in [3.05, 3.63) is 41.2 Å². The Bertz CT molecular complexity index is 627. The third-order valence-electron chi connectivity index (χ3n) is 4.68. The Morgan fingerprint density at radius 3 is 3.05 bits per heavy atom. The molecule has 2 aliphatic rings. The molecule has 110 valence electrons. The van der Waals surface area contributed by atoms with Gasteiger partial charge >= 0.3 is 0 Å². The van der Waals surface area contributed by atoms with Gasteiger partial charge in [-0.3, -0.25) is 4.68 Å². The van der Waals surface area contributed by atoms with E-state index in [1.54, 1.807) is 6.33 Å². The lowest BCUT2D eigenvalue weighted by Crippen LogP contribution is -2.26. The summed E-state index contributed by atoms with van der Waals surface area (Å²) in [5.41, 5.74) is 4.73. The second kappa shape index (κ2) is 5.56. The van der Waals surface area contributed by atoms with Crippen LogP contribution < -0.4 is 5.32 Å². The summed E-state index contributed by atoms with van der Waals surface area (Å²) in [7, 11) is 0. The molecule has 2 aromatic heterocycles. The maximum absolute atomic E-state index is 4.77. The van der Waals surface area contributed by atoms with E-state index in [1.807, 2.05) is 0 Å². The van der Waals surface area contributed by atoms with Crippen molar-refractivity contribution in [1.82, 2.24) is 25.1 Å². The number of hydrogen-bond donors (Lipinski definition) is 1. The van der Waals surface area contributed by atoms with Crippen LogP contribution in [0.25, 0.3) is 0 Å². The third-order valence-corrected chi connectivity index (χ3v) is 4.68. The molecule has 2 aromatic rings. The molecule has 0 aromatic carbocycles. The van der Waals surface area contributed by atoms with Gasteiger partial charge in [-0.05, 0) is 18.9 Å². The molecule has 0 radical (unpaired) electrons. The average molecular weight is 283 g/mol. The van der Waals surface area contributed by atoms with Crippen LogP contribution in [0.3, 0.4) is 0 Å². The molecule has 0 bridgehead atoms. The Kier molecular flexibility index (Phi) is 3.43. The highest BCUT2D eigenvalue weighted by atomic mass is 15.3. The molecule has 1 aliphatic heterocycles. The highest BCUT2D eigenvalue weighted by molar-refractivity contribution is 5.29. The fourth-order valence-electron chi connectivity index (χ4n) is 3.50. The predicted octanol–water partition coefficient (Wildman–Crippen LogP) is 2.02. The molecule has 1 saturated carbocycles. The van der Waals surface area contributed by atoms with Crippen LogP contribution in [0, 0.1) is 0 Å². The molecule has 0 unspecified atom stereocenters. The summed E-state index contributed by atoms with van der Waals surface area (Å²) in [6.07, 6.45) is 10.9. The van der Waals surface area contributed by atoms with Crippen molar-refractivity contribution in [2.45, 2.75) is 51.1 Å². The van der Waals surface area contributed by atoms with Crippen LogP contribution >= 0.6 is 0 Å². The molecule has 5 heteroatoms. The lowest BCUT2D eigenvalue weighted by molar-refractivity contribution is 0.463. The van der Waals surface area contributed by atoms with E-state index in [0.29, 0.717) is 6.04 Å². The van der Waals surface area contributed by atoms with Gasteiger partial charge in [0.25, 0.3) is 0 Å². The Morgan fingerprint density at radius 1 is 1.24 bits per heavy atom. The molecule has 0 amide bonds. The Hall–Kier alpha value is -1.75. The van der Waals surface area contributed by atoms with Crippen molar-refractivity contribution in [2.24, 2.45) is 0 Å². The standard InChI is InChI=1S/C16H21N5/c1-2-4-13(3-1)21-8-6-12(20-21)9-16-14-10-17-7-5-15(14)18-11-19-16/h6,8,11,13,17H,1-5,7,9-10H2. The van der Waals surface area contributed by atoms with E-state index in [2.05, 4.69) is 32.2 Å². The summed E-state index contributed by atoms with van der Waals surface area (Å²) in [5, 5.41) is 8.18. The lowest BCUT2D eigenvalue weighted by atomic mass is 10.0. The first-order chi connectivity index (χ1) is 10.4. The SMILES string of the molecule is c1nc2c(c(Cc3ccn(C4CCCC4)n3)n1)CNCC2. The second-order valence-electron chi connectivity index (χ2n) is 6.07. The van der Waals surface area contributed by atoms with E-state index < -0.39 is 0 Å². The highest BCUT2D eigenvalue weighted by Crippen LogP contribution is 2.29. The van der Waals surface area contributed by atoms with Gasteiger partial charge in [0.2, 0.25) is 0 Å². The summed E-state index contributed by atoms with van der Waals surface area (Å²) in [6, 6.07) is 2.75. The van der Waals surface area contributed by atoms with Gasteiger partial charge in [-0.2, -0.15) is 5.10 Å². The fraction of sp³-hybridized carbons (Fsp3) is 0.562. The van der Waals surface area contributed by atoms with Crippen LogP contribution in [0.4, 0.5) is 0 Å². The van der Waals surface area contributed by atoms with Gasteiger partial charge < -0.3 is 5.32 Å². The van der Waals surface area contributed by atoms with Gasteiger partial charge in [0, 0.05) is 43.4 Å². The van der Waals surface area contributed by atoms with E-state index in [9.17, 15) is 0 Å². The maximum Gasteiger partial charge on any atom is 0.115 e. The number of fused-ring (bicyclic) bond motifs is 1. The largest absolute Gasteiger partial charge is 0.312 e. The molecule has 0 spiro atoms. The van der Waals surface area contributed by atoms with E-state index in [4.69, 9.17) is 5.10 Å². The Balaban J connectivity index is 1.56. The van der Waals surface area contributed by atoms with E-state index in [-0.39, 0.29) is 0 Å². The van der Waals surface area contributed by atoms with Gasteiger partial charge in [0.1, 0.15) is 6.33 Å². The Labute approximate surface area is 124 Å². The summed E-state index contributed by atoms with van der Waals surface area (Å²) in [4.78, 5) is 8.91. The normalized spacial score (nSPS) is 18.9. The first-order valence-electron chi connectivity index (χ1n) is 7.96. The monoisotopic (exact) mass is 283 g/mol. The van der Waals surface area contributed by atoms with Crippen LogP contribution in [-0.4, -0.2) is 26.3 Å². The summed E-state index contributed by atoms with van der Waals surface area (Å²) >= 11 is 0. The molecule has 1 N–H and O–H groups in total. The van der Waals surface area contributed by atoms with Crippen LogP contribution in [0.15, 0.2) is 18.6 Å². The molecule has 3 heterocycles. The predicted molar refractivity (Wildman–Crippen MR) is 80.0 cm³/mol. The van der Waals surface area contributed by atoms with Crippen molar-refractivity contribution >= 4 is 0 Å². The van der Waals surface area contributed by atoms with Crippen molar-refractivity contribution in [1.29, 1.82) is 0 Å². The molecular formula is C16H21N5. The number of nitrogens with one attached hydrogen (secondary N) is 1. The molecule has 21 heavy (non-hydrogen) atoms. The third kappa shape index (κ3) is 2.58.